The van der Waals surface area contributed by atoms with Crippen molar-refractivity contribution in [3.8, 4) is 11.8 Å². The van der Waals surface area contributed by atoms with E-state index in [0.29, 0.717) is 0 Å². The molecule has 0 saturated carbocycles. The molecule has 0 aliphatic carbocycles. The van der Waals surface area contributed by atoms with Gasteiger partial charge in [-0.1, -0.05) is 6.92 Å². The van der Waals surface area contributed by atoms with Crippen LogP contribution in [0.1, 0.15) is 20.3 Å². The van der Waals surface area contributed by atoms with E-state index in [4.69, 9.17) is 10.5 Å². The predicted molar refractivity (Wildman–Crippen MR) is 57.9 cm³/mol. The van der Waals surface area contributed by atoms with E-state index in [1.54, 1.807) is 0 Å². The minimum atomic E-state index is 0.0526. The number of rotatable bonds is 3. The number of ether oxygens (including phenoxy) is 1. The summed E-state index contributed by atoms with van der Waals surface area (Å²) < 4.78 is 5.63. The molecule has 0 amide bonds. The third-order valence-corrected chi connectivity index (χ3v) is 2.62. The van der Waals surface area contributed by atoms with Crippen molar-refractivity contribution in [1.82, 2.24) is 4.90 Å². The van der Waals surface area contributed by atoms with Crippen LogP contribution in [0.25, 0.3) is 0 Å². The number of nitrogens with two attached hydrogens (primary N) is 1. The zero-order chi connectivity index (χ0) is 10.4. The van der Waals surface area contributed by atoms with Gasteiger partial charge in [0.15, 0.2) is 0 Å². The van der Waals surface area contributed by atoms with Gasteiger partial charge in [0, 0.05) is 25.6 Å². The first-order valence-electron chi connectivity index (χ1n) is 5.27. The van der Waals surface area contributed by atoms with Gasteiger partial charge in [-0.3, -0.25) is 4.90 Å². The molecule has 1 aliphatic rings. The highest BCUT2D eigenvalue weighted by atomic mass is 16.5. The summed E-state index contributed by atoms with van der Waals surface area (Å²) in [5.74, 6) is 5.87. The van der Waals surface area contributed by atoms with Crippen molar-refractivity contribution >= 4 is 0 Å². The second-order valence-corrected chi connectivity index (χ2v) is 3.60. The number of hydrogen-bond acceptors (Lipinski definition) is 3. The molecule has 1 saturated heterocycles. The van der Waals surface area contributed by atoms with E-state index in [-0.39, 0.29) is 12.1 Å². The normalized spacial score (nSPS) is 25.2. The van der Waals surface area contributed by atoms with Crippen LogP contribution in [0.5, 0.6) is 0 Å². The molecule has 14 heavy (non-hydrogen) atoms. The van der Waals surface area contributed by atoms with Crippen molar-refractivity contribution < 1.29 is 4.74 Å². The fourth-order valence-electron chi connectivity index (χ4n) is 1.63. The fraction of sp³-hybridized carbons (Fsp3) is 0.818. The number of nitrogens with zero attached hydrogens (tertiary/aromatic N) is 1. The average molecular weight is 196 g/mol. The molecule has 1 heterocycles. The van der Waals surface area contributed by atoms with Crippen LogP contribution in [0, 0.1) is 11.8 Å². The molecule has 0 aromatic carbocycles. The van der Waals surface area contributed by atoms with Crippen LogP contribution in [0.3, 0.4) is 0 Å². The number of likely N-dealkylation sites (N-methyl/N-ethyl adjacent to an activating group) is 1. The van der Waals surface area contributed by atoms with Crippen LogP contribution in [0.15, 0.2) is 0 Å². The zero-order valence-electron chi connectivity index (χ0n) is 9.12. The second-order valence-electron chi connectivity index (χ2n) is 3.60. The Bertz CT molecular complexity index is 219. The lowest BCUT2D eigenvalue weighted by atomic mass is 10.1. The molecule has 0 radical (unpaired) electrons. The summed E-state index contributed by atoms with van der Waals surface area (Å²) in [6.45, 7) is 7.85. The topological polar surface area (TPSA) is 38.5 Å². The molecular formula is C11H20N2O. The minimum Gasteiger partial charge on any atom is -0.374 e. The van der Waals surface area contributed by atoms with Crippen molar-refractivity contribution in [2.24, 2.45) is 5.73 Å². The summed E-state index contributed by atoms with van der Waals surface area (Å²) >= 11 is 0. The molecule has 0 bridgehead atoms. The molecule has 0 spiro atoms. The molecule has 2 atom stereocenters. The molecule has 0 aromatic rings. The highest BCUT2D eigenvalue weighted by molar-refractivity contribution is 4.99. The van der Waals surface area contributed by atoms with Gasteiger partial charge in [0.2, 0.25) is 0 Å². The van der Waals surface area contributed by atoms with Crippen molar-refractivity contribution in [3.63, 3.8) is 0 Å². The Morgan fingerprint density at radius 1 is 1.64 bits per heavy atom. The maximum absolute atomic E-state index is 6.00. The maximum Gasteiger partial charge on any atom is 0.0862 e. The number of morpholine rings is 1. The number of hydrogen-bond donors (Lipinski definition) is 1. The standard InChI is InChI=1S/C11H20N2O/c1-3-5-6-10(12)11-9-13(4-2)7-8-14-11/h10-11H,4,6-9,12H2,1-2H3. The van der Waals surface area contributed by atoms with Crippen molar-refractivity contribution in [2.75, 3.05) is 26.2 Å². The van der Waals surface area contributed by atoms with Crippen molar-refractivity contribution in [2.45, 2.75) is 32.4 Å². The van der Waals surface area contributed by atoms with Crippen LogP contribution in [-0.2, 0) is 4.74 Å². The Morgan fingerprint density at radius 3 is 3.07 bits per heavy atom. The molecule has 2 unspecified atom stereocenters. The van der Waals surface area contributed by atoms with E-state index in [9.17, 15) is 0 Å². The Balaban J connectivity index is 2.37. The fourth-order valence-corrected chi connectivity index (χ4v) is 1.63. The summed E-state index contributed by atoms with van der Waals surface area (Å²) in [6.07, 6.45) is 0.892. The smallest absolute Gasteiger partial charge is 0.0862 e. The van der Waals surface area contributed by atoms with E-state index >= 15 is 0 Å². The SMILES string of the molecule is CC#CCC(N)C1CN(CC)CCO1. The molecule has 1 aliphatic heterocycles. The Kier molecular flexibility index (Phi) is 4.95. The van der Waals surface area contributed by atoms with Crippen molar-refractivity contribution in [1.29, 1.82) is 0 Å². The average Bonchev–Trinajstić information content (AvgIpc) is 2.26. The summed E-state index contributed by atoms with van der Waals surface area (Å²) in [5.41, 5.74) is 6.00. The second kappa shape index (κ2) is 6.02. The van der Waals surface area contributed by atoms with E-state index < -0.39 is 0 Å². The third-order valence-electron chi connectivity index (χ3n) is 2.62. The van der Waals surface area contributed by atoms with Gasteiger partial charge in [0.1, 0.15) is 0 Å². The van der Waals surface area contributed by atoms with E-state index in [0.717, 1.165) is 32.7 Å². The summed E-state index contributed by atoms with van der Waals surface area (Å²) in [4.78, 5) is 2.37. The van der Waals surface area contributed by atoms with E-state index in [2.05, 4.69) is 23.7 Å². The molecule has 2 N–H and O–H groups in total. The molecular weight excluding hydrogens is 176 g/mol. The van der Waals surface area contributed by atoms with Crippen molar-refractivity contribution in [3.05, 3.63) is 0 Å². The first-order valence-corrected chi connectivity index (χ1v) is 5.27. The lowest BCUT2D eigenvalue weighted by Gasteiger charge is -2.34. The van der Waals surface area contributed by atoms with Crippen LogP contribution in [0.4, 0.5) is 0 Å². The predicted octanol–water partition coefficient (Wildman–Crippen LogP) is 0.448. The molecule has 1 rings (SSSR count). The maximum atomic E-state index is 6.00. The molecule has 1 fully saturated rings. The molecule has 3 nitrogen and oxygen atoms in total. The van der Waals surface area contributed by atoms with Gasteiger partial charge in [-0.15, -0.1) is 11.8 Å². The van der Waals surface area contributed by atoms with Gasteiger partial charge in [-0.2, -0.15) is 0 Å². The largest absolute Gasteiger partial charge is 0.374 e. The van der Waals surface area contributed by atoms with Gasteiger partial charge in [-0.25, -0.2) is 0 Å². The molecule has 3 heteroatoms. The first kappa shape index (κ1) is 11.5. The van der Waals surface area contributed by atoms with E-state index in [1.165, 1.54) is 0 Å². The third kappa shape index (κ3) is 3.30. The lowest BCUT2D eigenvalue weighted by molar-refractivity contribution is -0.0378. The summed E-state index contributed by atoms with van der Waals surface area (Å²) in [6, 6.07) is 0.0526. The van der Waals surface area contributed by atoms with Crippen LogP contribution >= 0.6 is 0 Å². The Labute approximate surface area is 86.6 Å². The van der Waals surface area contributed by atoms with Gasteiger partial charge in [-0.05, 0) is 13.5 Å². The highest BCUT2D eigenvalue weighted by Gasteiger charge is 2.24. The van der Waals surface area contributed by atoms with Gasteiger partial charge in [0.05, 0.1) is 12.7 Å². The van der Waals surface area contributed by atoms with Gasteiger partial charge < -0.3 is 10.5 Å². The highest BCUT2D eigenvalue weighted by Crippen LogP contribution is 2.09. The van der Waals surface area contributed by atoms with Crippen LogP contribution in [0.2, 0.25) is 0 Å². The molecule has 80 valence electrons. The van der Waals surface area contributed by atoms with Gasteiger partial charge in [0.25, 0.3) is 0 Å². The lowest BCUT2D eigenvalue weighted by Crippen LogP contribution is -2.50. The minimum absolute atomic E-state index is 0.0526. The Hall–Kier alpha value is -0.560. The monoisotopic (exact) mass is 196 g/mol. The summed E-state index contributed by atoms with van der Waals surface area (Å²) in [7, 11) is 0. The van der Waals surface area contributed by atoms with Crippen LogP contribution in [-0.4, -0.2) is 43.3 Å². The van der Waals surface area contributed by atoms with E-state index in [1.807, 2.05) is 6.92 Å². The van der Waals surface area contributed by atoms with Crippen LogP contribution < -0.4 is 5.73 Å². The zero-order valence-corrected chi connectivity index (χ0v) is 9.12. The quantitative estimate of drug-likeness (QED) is 0.666. The Morgan fingerprint density at radius 2 is 2.43 bits per heavy atom. The van der Waals surface area contributed by atoms with Gasteiger partial charge >= 0.3 is 0 Å². The molecule has 0 aromatic heterocycles. The first-order chi connectivity index (χ1) is 6.77. The summed E-state index contributed by atoms with van der Waals surface area (Å²) in [5, 5.41) is 0.